The lowest BCUT2D eigenvalue weighted by Gasteiger charge is -2.33. The van der Waals surface area contributed by atoms with Gasteiger partial charge in [0.1, 0.15) is 19.2 Å². The molecule has 1 saturated heterocycles. The molecule has 0 bridgehead atoms. The number of carbonyl (C=O) groups excluding carboxylic acids is 2. The maximum atomic E-state index is 13.5. The number of nitrogens with one attached hydrogen (secondary N) is 1. The maximum Gasteiger partial charge on any atom is 0.435 e. The van der Waals surface area contributed by atoms with Crippen LogP contribution < -0.4 is 4.72 Å². The summed E-state index contributed by atoms with van der Waals surface area (Å²) in [6, 6.07) is 12.3. The third kappa shape index (κ3) is 8.23. The molecule has 18 heteroatoms. The number of aromatic nitrogens is 2. The Labute approximate surface area is 261 Å². The van der Waals surface area contributed by atoms with Crippen molar-refractivity contribution in [1.82, 2.24) is 19.5 Å². The highest BCUT2D eigenvalue weighted by molar-refractivity contribution is 7.90. The second-order valence-electron chi connectivity index (χ2n) is 11.4. The molecule has 0 aliphatic carbocycles. The second-order valence-corrected chi connectivity index (χ2v) is 13.0. The van der Waals surface area contributed by atoms with E-state index in [1.807, 2.05) is 6.92 Å². The zero-order valence-electron chi connectivity index (χ0n) is 25.3. The summed E-state index contributed by atoms with van der Waals surface area (Å²) in [7, 11) is -4.44. The zero-order valence-corrected chi connectivity index (χ0v) is 26.1. The van der Waals surface area contributed by atoms with Gasteiger partial charge in [-0.1, -0.05) is 29.8 Å². The van der Waals surface area contributed by atoms with E-state index in [0.717, 1.165) is 33.5 Å². The minimum absolute atomic E-state index is 0.0685. The van der Waals surface area contributed by atoms with Crippen LogP contribution in [0.2, 0.25) is 0 Å². The van der Waals surface area contributed by atoms with Gasteiger partial charge in [-0.2, -0.15) is 18.3 Å². The number of rotatable bonds is 9. The molecule has 0 spiro atoms. The number of carbonyl (C=O) groups is 2. The number of hydrazine groups is 1. The minimum Gasteiger partial charge on any atom is -0.569 e. The van der Waals surface area contributed by atoms with E-state index in [2.05, 4.69) is 10.4 Å². The lowest BCUT2D eigenvalue weighted by molar-refractivity contribution is -0.728. The minimum atomic E-state index is -4.72. The van der Waals surface area contributed by atoms with Crippen LogP contribution in [0.3, 0.4) is 0 Å². The van der Waals surface area contributed by atoms with Crippen LogP contribution in [0.25, 0.3) is 16.9 Å². The highest BCUT2D eigenvalue weighted by Gasteiger charge is 2.38. The average molecular weight is 669 g/mol. The molecule has 14 nitrogen and oxygen atoms in total. The molecule has 248 valence electrons. The Kier molecular flexibility index (Phi) is 9.51. The molecular weight excluding hydrogens is 637 g/mol. The number of amides is 1. The van der Waals surface area contributed by atoms with Crippen LogP contribution in [-0.4, -0.2) is 65.7 Å². The number of sulfonamides is 1. The topological polar surface area (TPSA) is 167 Å². The molecule has 2 aromatic carbocycles. The summed E-state index contributed by atoms with van der Waals surface area (Å²) in [5.74, 6) is -0.563. The SMILES string of the molecule is Cc1ccc(-c2cc(C(F)(F)F)nn2-c2ccc(S(=O)(=O)NC(=O)OC3CN(/[N+]([O-])=N\OC(C)OC(=O)C(C)(C)C)C3)cc2)cc1. The summed E-state index contributed by atoms with van der Waals surface area (Å²) in [5.41, 5.74) is -0.280. The summed E-state index contributed by atoms with van der Waals surface area (Å²) in [6.07, 6.45) is -8.03. The van der Waals surface area contributed by atoms with E-state index in [1.54, 1.807) is 49.8 Å². The molecule has 0 saturated carbocycles. The number of ether oxygens (including phenoxy) is 2. The Morgan fingerprint density at radius 2 is 1.70 bits per heavy atom. The van der Waals surface area contributed by atoms with Crippen molar-refractivity contribution in [3.05, 3.63) is 71.1 Å². The Bertz CT molecular complexity index is 1710. The zero-order chi connectivity index (χ0) is 34.0. The van der Waals surface area contributed by atoms with Gasteiger partial charge in [0, 0.05) is 12.5 Å². The van der Waals surface area contributed by atoms with Gasteiger partial charge in [-0.3, -0.25) is 9.63 Å². The van der Waals surface area contributed by atoms with Crippen molar-refractivity contribution in [1.29, 1.82) is 0 Å². The third-order valence-electron chi connectivity index (χ3n) is 6.45. The molecule has 46 heavy (non-hydrogen) atoms. The van der Waals surface area contributed by atoms with Gasteiger partial charge in [-0.15, -0.1) is 5.01 Å². The van der Waals surface area contributed by atoms with E-state index in [1.165, 1.54) is 19.1 Å². The Balaban J connectivity index is 1.35. The van der Waals surface area contributed by atoms with E-state index in [9.17, 15) is 36.4 Å². The highest BCUT2D eigenvalue weighted by atomic mass is 32.2. The number of halogens is 3. The van der Waals surface area contributed by atoms with Crippen molar-refractivity contribution in [3.63, 3.8) is 0 Å². The van der Waals surface area contributed by atoms with E-state index in [0.29, 0.717) is 5.56 Å². The molecule has 1 aliphatic heterocycles. The number of aryl methyl sites for hydroxylation is 1. The second kappa shape index (κ2) is 12.9. The summed E-state index contributed by atoms with van der Waals surface area (Å²) in [5, 5.41) is 20.1. The molecule has 1 aliphatic rings. The van der Waals surface area contributed by atoms with Gasteiger partial charge in [0.25, 0.3) is 16.3 Å². The molecule has 1 fully saturated rings. The predicted molar refractivity (Wildman–Crippen MR) is 153 cm³/mol. The summed E-state index contributed by atoms with van der Waals surface area (Å²) in [6.45, 7) is 7.84. The van der Waals surface area contributed by atoms with E-state index >= 15 is 0 Å². The average Bonchev–Trinajstić information content (AvgIpc) is 3.39. The molecule has 0 radical (unpaired) electrons. The van der Waals surface area contributed by atoms with Crippen molar-refractivity contribution < 1.29 is 50.5 Å². The van der Waals surface area contributed by atoms with E-state index < -0.39 is 51.8 Å². The molecule has 4 rings (SSSR count). The predicted octanol–water partition coefficient (Wildman–Crippen LogP) is 4.71. The fourth-order valence-corrected chi connectivity index (χ4v) is 4.77. The van der Waals surface area contributed by atoms with Crippen LogP contribution in [-0.2, 0) is 35.3 Å². The fraction of sp³-hybridized carbons (Fsp3) is 0.393. The molecule has 1 N–H and O–H groups in total. The molecule has 2 heterocycles. The van der Waals surface area contributed by atoms with Gasteiger partial charge < -0.3 is 14.7 Å². The van der Waals surface area contributed by atoms with Crippen LogP contribution in [0.15, 0.2) is 64.8 Å². The number of esters is 1. The smallest absolute Gasteiger partial charge is 0.435 e. The lowest BCUT2D eigenvalue weighted by Crippen LogP contribution is -2.56. The normalized spacial score (nSPS) is 15.1. The van der Waals surface area contributed by atoms with E-state index in [4.69, 9.17) is 14.3 Å². The van der Waals surface area contributed by atoms with Crippen molar-refractivity contribution in [2.24, 2.45) is 10.7 Å². The number of hydrogen-bond acceptors (Lipinski definition) is 10. The lowest BCUT2D eigenvalue weighted by atomic mass is 9.97. The van der Waals surface area contributed by atoms with Gasteiger partial charge in [0.15, 0.2) is 5.69 Å². The summed E-state index contributed by atoms with van der Waals surface area (Å²) in [4.78, 5) is 28.7. The number of hydrogen-bond donors (Lipinski definition) is 1. The summed E-state index contributed by atoms with van der Waals surface area (Å²) >= 11 is 0. The maximum absolute atomic E-state index is 13.5. The molecule has 1 amide bonds. The molecule has 1 aromatic heterocycles. The Morgan fingerprint density at radius 1 is 1.09 bits per heavy atom. The Hall–Kier alpha value is -4.87. The van der Waals surface area contributed by atoms with E-state index in [-0.39, 0.29) is 34.3 Å². The number of benzene rings is 2. The van der Waals surface area contributed by atoms with Gasteiger partial charge in [0.2, 0.25) is 5.28 Å². The quantitative estimate of drug-likeness (QED) is 0.111. The molecule has 1 atom stereocenters. The number of nitrogens with zero attached hydrogens (tertiary/aromatic N) is 5. The molecule has 3 aromatic rings. The van der Waals surface area contributed by atoms with Crippen LogP contribution >= 0.6 is 0 Å². The van der Waals surface area contributed by atoms with Crippen LogP contribution in [0, 0.1) is 17.5 Å². The van der Waals surface area contributed by atoms with Crippen LogP contribution in [0.5, 0.6) is 0 Å². The molecular formula is C28H31F3N6O8S. The van der Waals surface area contributed by atoms with Crippen LogP contribution in [0.4, 0.5) is 18.0 Å². The third-order valence-corrected chi connectivity index (χ3v) is 7.78. The summed E-state index contributed by atoms with van der Waals surface area (Å²) < 4.78 is 78.8. The molecule has 1 unspecified atom stereocenters. The first-order valence-electron chi connectivity index (χ1n) is 13.7. The van der Waals surface area contributed by atoms with Crippen molar-refractivity contribution in [3.8, 4) is 16.9 Å². The van der Waals surface area contributed by atoms with Crippen molar-refractivity contribution in [2.45, 2.75) is 58.1 Å². The van der Waals surface area contributed by atoms with Crippen molar-refractivity contribution >= 4 is 22.1 Å². The van der Waals surface area contributed by atoms with Gasteiger partial charge in [-0.25, -0.2) is 22.6 Å². The Morgan fingerprint density at radius 3 is 2.26 bits per heavy atom. The van der Waals surface area contributed by atoms with Gasteiger partial charge in [0.05, 0.1) is 26.7 Å². The highest BCUT2D eigenvalue weighted by Crippen LogP contribution is 2.33. The fourth-order valence-electron chi connectivity index (χ4n) is 3.90. The largest absolute Gasteiger partial charge is 0.569 e. The van der Waals surface area contributed by atoms with Gasteiger partial charge in [-0.05, 0) is 58.0 Å². The van der Waals surface area contributed by atoms with Crippen molar-refractivity contribution in [2.75, 3.05) is 13.1 Å². The number of alkyl halides is 3. The standard InChI is InChI=1S/C28H31F3N6O8S/c1-17-6-8-19(9-7-17)23-14-24(28(29,30)31)32-36(23)20-10-12-22(13-11-20)46(41,42)33-26(39)44-21-15-35(16-21)37(40)34-45-18(2)43-25(38)27(3,4)5/h6-14,18,21H,15-16H2,1-5H3,(H,33,39)/b37-34+. The van der Waals surface area contributed by atoms with Crippen LogP contribution in [0.1, 0.15) is 39.0 Å². The first-order valence-corrected chi connectivity index (χ1v) is 15.2. The van der Waals surface area contributed by atoms with Gasteiger partial charge >= 0.3 is 18.2 Å². The monoisotopic (exact) mass is 668 g/mol. The first-order chi connectivity index (χ1) is 21.3. The first kappa shape index (κ1) is 34.0.